The van der Waals surface area contributed by atoms with E-state index in [0.717, 1.165) is 0 Å². The van der Waals surface area contributed by atoms with Gasteiger partial charge in [0.2, 0.25) is 0 Å². The monoisotopic (exact) mass is 263 g/mol. The second kappa shape index (κ2) is 6.16. The highest BCUT2D eigenvalue weighted by atomic mass is 16.6. The van der Waals surface area contributed by atoms with Crippen LogP contribution in [0.1, 0.15) is 25.8 Å². The zero-order chi connectivity index (χ0) is 14.5. The second-order valence-electron chi connectivity index (χ2n) is 4.74. The zero-order valence-corrected chi connectivity index (χ0v) is 11.3. The standard InChI is InChI=1S/C13H17N3O3/c1-13(2,19-3)6-7-15-11-5-4-10(9-14)8-12(11)16(17)18/h4-5,8,15H,6-7H2,1-3H3. The van der Waals surface area contributed by atoms with Gasteiger partial charge in [0.1, 0.15) is 5.69 Å². The van der Waals surface area contributed by atoms with Gasteiger partial charge in [0.25, 0.3) is 5.69 Å². The molecule has 19 heavy (non-hydrogen) atoms. The second-order valence-corrected chi connectivity index (χ2v) is 4.74. The maximum absolute atomic E-state index is 10.9. The molecular weight excluding hydrogens is 246 g/mol. The van der Waals surface area contributed by atoms with Crippen LogP contribution < -0.4 is 5.32 Å². The maximum Gasteiger partial charge on any atom is 0.293 e. The summed E-state index contributed by atoms with van der Waals surface area (Å²) in [5.74, 6) is 0. The highest BCUT2D eigenvalue weighted by Gasteiger charge is 2.18. The van der Waals surface area contributed by atoms with Gasteiger partial charge in [-0.2, -0.15) is 5.26 Å². The van der Waals surface area contributed by atoms with E-state index in [4.69, 9.17) is 10.00 Å². The highest BCUT2D eigenvalue weighted by molar-refractivity contribution is 5.64. The summed E-state index contributed by atoms with van der Waals surface area (Å²) in [4.78, 5) is 10.4. The lowest BCUT2D eigenvalue weighted by Crippen LogP contribution is -2.25. The largest absolute Gasteiger partial charge is 0.379 e. The van der Waals surface area contributed by atoms with E-state index in [2.05, 4.69) is 5.32 Å². The Bertz CT molecular complexity index is 506. The van der Waals surface area contributed by atoms with Crippen LogP contribution in [0.5, 0.6) is 0 Å². The molecule has 0 aliphatic rings. The van der Waals surface area contributed by atoms with Crippen LogP contribution in [0, 0.1) is 21.4 Å². The quantitative estimate of drug-likeness (QED) is 0.629. The Labute approximate surface area is 112 Å². The molecule has 0 saturated heterocycles. The van der Waals surface area contributed by atoms with Crippen LogP contribution in [0.25, 0.3) is 0 Å². The first-order valence-electron chi connectivity index (χ1n) is 5.87. The number of nitrogens with one attached hydrogen (secondary N) is 1. The number of hydrogen-bond donors (Lipinski definition) is 1. The third-order valence-corrected chi connectivity index (χ3v) is 2.92. The normalized spacial score (nSPS) is 10.8. The van der Waals surface area contributed by atoms with E-state index in [1.165, 1.54) is 6.07 Å². The fourth-order valence-electron chi connectivity index (χ4n) is 1.50. The molecular formula is C13H17N3O3. The smallest absolute Gasteiger partial charge is 0.293 e. The molecule has 1 aromatic carbocycles. The summed E-state index contributed by atoms with van der Waals surface area (Å²) in [5.41, 5.74) is 0.314. The molecule has 1 aromatic rings. The lowest BCUT2D eigenvalue weighted by Gasteiger charge is -2.23. The highest BCUT2D eigenvalue weighted by Crippen LogP contribution is 2.25. The minimum absolute atomic E-state index is 0.0886. The Morgan fingerprint density at radius 1 is 1.53 bits per heavy atom. The van der Waals surface area contributed by atoms with E-state index in [-0.39, 0.29) is 16.9 Å². The number of nitrogens with zero attached hydrogens (tertiary/aromatic N) is 2. The molecule has 1 N–H and O–H groups in total. The maximum atomic E-state index is 10.9. The molecule has 0 aliphatic heterocycles. The van der Waals surface area contributed by atoms with Crippen LogP contribution in [0.4, 0.5) is 11.4 Å². The molecule has 0 heterocycles. The first-order chi connectivity index (χ1) is 8.89. The van der Waals surface area contributed by atoms with Crippen molar-refractivity contribution in [2.24, 2.45) is 0 Å². The average Bonchev–Trinajstić information content (AvgIpc) is 2.38. The SMILES string of the molecule is COC(C)(C)CCNc1ccc(C#N)cc1[N+](=O)[O-]. The van der Waals surface area contributed by atoms with Crippen molar-refractivity contribution in [3.63, 3.8) is 0 Å². The number of benzene rings is 1. The average molecular weight is 263 g/mol. The van der Waals surface area contributed by atoms with Crippen molar-refractivity contribution in [2.75, 3.05) is 19.0 Å². The molecule has 0 aromatic heterocycles. The molecule has 0 spiro atoms. The van der Waals surface area contributed by atoms with Crippen LogP contribution in [0.2, 0.25) is 0 Å². The van der Waals surface area contributed by atoms with Gasteiger partial charge in [-0.05, 0) is 32.4 Å². The molecule has 0 amide bonds. The van der Waals surface area contributed by atoms with Gasteiger partial charge in [-0.15, -0.1) is 0 Å². The van der Waals surface area contributed by atoms with Gasteiger partial charge in [-0.1, -0.05) is 0 Å². The first-order valence-corrected chi connectivity index (χ1v) is 5.87. The van der Waals surface area contributed by atoms with E-state index < -0.39 is 4.92 Å². The van der Waals surface area contributed by atoms with Crippen LogP contribution in [0.15, 0.2) is 18.2 Å². The van der Waals surface area contributed by atoms with Crippen molar-refractivity contribution in [3.05, 3.63) is 33.9 Å². The number of rotatable bonds is 6. The van der Waals surface area contributed by atoms with Crippen molar-refractivity contribution in [1.29, 1.82) is 5.26 Å². The summed E-state index contributed by atoms with van der Waals surface area (Å²) in [5, 5.41) is 22.7. The minimum Gasteiger partial charge on any atom is -0.379 e. The summed E-state index contributed by atoms with van der Waals surface area (Å²) in [6, 6.07) is 6.26. The Morgan fingerprint density at radius 3 is 2.74 bits per heavy atom. The van der Waals surface area contributed by atoms with Crippen LogP contribution in [0.3, 0.4) is 0 Å². The number of methoxy groups -OCH3 is 1. The van der Waals surface area contributed by atoms with Crippen molar-refractivity contribution in [2.45, 2.75) is 25.9 Å². The zero-order valence-electron chi connectivity index (χ0n) is 11.3. The molecule has 0 unspecified atom stereocenters. The molecule has 6 heteroatoms. The molecule has 6 nitrogen and oxygen atoms in total. The molecule has 0 fully saturated rings. The number of nitro groups is 1. The Morgan fingerprint density at radius 2 is 2.21 bits per heavy atom. The van der Waals surface area contributed by atoms with Crippen molar-refractivity contribution >= 4 is 11.4 Å². The lowest BCUT2D eigenvalue weighted by molar-refractivity contribution is -0.384. The van der Waals surface area contributed by atoms with Gasteiger partial charge in [-0.3, -0.25) is 10.1 Å². The Balaban J connectivity index is 2.79. The number of nitro benzene ring substituents is 1. The summed E-state index contributed by atoms with van der Waals surface area (Å²) in [6.07, 6.45) is 0.709. The topological polar surface area (TPSA) is 88.2 Å². The third kappa shape index (κ3) is 4.23. The van der Waals surface area contributed by atoms with Crippen LogP contribution in [-0.2, 0) is 4.74 Å². The minimum atomic E-state index is -0.495. The fraction of sp³-hybridized carbons (Fsp3) is 0.462. The molecule has 0 bridgehead atoms. The first kappa shape index (κ1) is 14.9. The van der Waals surface area contributed by atoms with E-state index in [1.54, 1.807) is 19.2 Å². The lowest BCUT2D eigenvalue weighted by atomic mass is 10.1. The predicted octanol–water partition coefficient (Wildman–Crippen LogP) is 2.69. The summed E-state index contributed by atoms with van der Waals surface area (Å²) in [6.45, 7) is 4.44. The van der Waals surface area contributed by atoms with Crippen LogP contribution >= 0.6 is 0 Å². The fourth-order valence-corrected chi connectivity index (χ4v) is 1.50. The van der Waals surface area contributed by atoms with E-state index in [9.17, 15) is 10.1 Å². The van der Waals surface area contributed by atoms with E-state index in [1.807, 2.05) is 19.9 Å². The van der Waals surface area contributed by atoms with Gasteiger partial charge >= 0.3 is 0 Å². The number of ether oxygens (including phenoxy) is 1. The number of anilines is 1. The predicted molar refractivity (Wildman–Crippen MR) is 72.0 cm³/mol. The summed E-state index contributed by atoms with van der Waals surface area (Å²) >= 11 is 0. The van der Waals surface area contributed by atoms with Crippen LogP contribution in [-0.4, -0.2) is 24.2 Å². The van der Waals surface area contributed by atoms with Gasteiger partial charge in [0.05, 0.1) is 22.2 Å². The van der Waals surface area contributed by atoms with Crippen molar-refractivity contribution in [3.8, 4) is 6.07 Å². The molecule has 0 saturated carbocycles. The van der Waals surface area contributed by atoms with Crippen molar-refractivity contribution in [1.82, 2.24) is 0 Å². The Kier molecular flexibility index (Phi) is 4.84. The van der Waals surface area contributed by atoms with Gasteiger partial charge in [0, 0.05) is 19.7 Å². The molecule has 1 rings (SSSR count). The van der Waals surface area contributed by atoms with Gasteiger partial charge in [0.15, 0.2) is 0 Å². The molecule has 0 atom stereocenters. The number of hydrogen-bond acceptors (Lipinski definition) is 5. The third-order valence-electron chi connectivity index (χ3n) is 2.92. The molecule has 102 valence electrons. The number of nitriles is 1. The Hall–Kier alpha value is -2.13. The van der Waals surface area contributed by atoms with E-state index in [0.29, 0.717) is 18.7 Å². The summed E-state index contributed by atoms with van der Waals surface area (Å²) in [7, 11) is 1.63. The van der Waals surface area contributed by atoms with Gasteiger partial charge < -0.3 is 10.1 Å². The van der Waals surface area contributed by atoms with E-state index >= 15 is 0 Å². The molecule has 0 aliphatic carbocycles. The van der Waals surface area contributed by atoms with Crippen molar-refractivity contribution < 1.29 is 9.66 Å². The molecule has 0 radical (unpaired) electrons. The van der Waals surface area contributed by atoms with Gasteiger partial charge in [-0.25, -0.2) is 0 Å². The summed E-state index contributed by atoms with van der Waals surface area (Å²) < 4.78 is 5.27.